The molecule has 0 bridgehead atoms. The molecule has 118 valence electrons. The number of aliphatic hydroxyl groups excluding tert-OH is 1. The van der Waals surface area contributed by atoms with E-state index in [9.17, 15) is 9.90 Å². The number of hydrogen-bond acceptors (Lipinski definition) is 4. The fraction of sp³-hybridized carbons (Fsp3) is 0.529. The first-order valence-electron chi connectivity index (χ1n) is 8.01. The fourth-order valence-corrected chi connectivity index (χ4v) is 3.13. The third kappa shape index (κ3) is 3.30. The van der Waals surface area contributed by atoms with Gasteiger partial charge in [-0.1, -0.05) is 6.42 Å². The molecule has 1 heterocycles. The predicted octanol–water partition coefficient (Wildman–Crippen LogP) is 2.16. The van der Waals surface area contributed by atoms with E-state index in [0.717, 1.165) is 43.6 Å². The molecule has 1 amide bonds. The highest BCUT2D eigenvalue weighted by Gasteiger charge is 2.25. The van der Waals surface area contributed by atoms with Gasteiger partial charge < -0.3 is 10.4 Å². The van der Waals surface area contributed by atoms with Crippen molar-refractivity contribution in [3.05, 3.63) is 29.8 Å². The van der Waals surface area contributed by atoms with E-state index in [0.29, 0.717) is 12.1 Å². The number of rotatable bonds is 4. The molecule has 1 aromatic carbocycles. The molecule has 2 atom stereocenters. The SMILES string of the molecule is CC1=NN(c2ccc(C(=O)NCC3CCCC3O)cc2)CC1. The number of nitrogens with one attached hydrogen (secondary N) is 1. The number of nitrogens with zero attached hydrogens (tertiary/aromatic N) is 2. The van der Waals surface area contributed by atoms with Crippen molar-refractivity contribution in [2.75, 3.05) is 18.1 Å². The van der Waals surface area contributed by atoms with E-state index >= 15 is 0 Å². The van der Waals surface area contributed by atoms with Crippen molar-refractivity contribution < 1.29 is 9.90 Å². The average molecular weight is 301 g/mol. The zero-order valence-corrected chi connectivity index (χ0v) is 13.0. The summed E-state index contributed by atoms with van der Waals surface area (Å²) in [5.41, 5.74) is 2.80. The molecule has 2 N–H and O–H groups in total. The van der Waals surface area contributed by atoms with Crippen molar-refractivity contribution in [2.45, 2.75) is 38.7 Å². The van der Waals surface area contributed by atoms with Crippen molar-refractivity contribution in [1.82, 2.24) is 5.32 Å². The van der Waals surface area contributed by atoms with Gasteiger partial charge in [-0.25, -0.2) is 0 Å². The zero-order chi connectivity index (χ0) is 15.5. The monoisotopic (exact) mass is 301 g/mol. The second-order valence-corrected chi connectivity index (χ2v) is 6.22. The Hall–Kier alpha value is -1.88. The highest BCUT2D eigenvalue weighted by atomic mass is 16.3. The quantitative estimate of drug-likeness (QED) is 0.895. The number of benzene rings is 1. The second kappa shape index (κ2) is 6.48. The van der Waals surface area contributed by atoms with Gasteiger partial charge in [-0.05, 0) is 44.0 Å². The molecule has 0 spiro atoms. The first-order valence-corrected chi connectivity index (χ1v) is 8.01. The minimum atomic E-state index is -0.265. The van der Waals surface area contributed by atoms with Crippen molar-refractivity contribution in [2.24, 2.45) is 11.0 Å². The zero-order valence-electron chi connectivity index (χ0n) is 13.0. The van der Waals surface area contributed by atoms with Crippen LogP contribution in [0.3, 0.4) is 0 Å². The van der Waals surface area contributed by atoms with E-state index in [1.165, 1.54) is 0 Å². The Kier molecular flexibility index (Phi) is 4.43. The van der Waals surface area contributed by atoms with Crippen molar-refractivity contribution in [3.63, 3.8) is 0 Å². The molecule has 2 aliphatic rings. The van der Waals surface area contributed by atoms with Crippen LogP contribution < -0.4 is 10.3 Å². The van der Waals surface area contributed by atoms with Crippen LogP contribution in [0.2, 0.25) is 0 Å². The third-order valence-electron chi connectivity index (χ3n) is 4.55. The van der Waals surface area contributed by atoms with Crippen molar-refractivity contribution in [3.8, 4) is 0 Å². The van der Waals surface area contributed by atoms with Crippen LogP contribution in [-0.2, 0) is 0 Å². The third-order valence-corrected chi connectivity index (χ3v) is 4.55. The average Bonchev–Trinajstić information content (AvgIpc) is 3.13. The lowest BCUT2D eigenvalue weighted by Gasteiger charge is -2.16. The van der Waals surface area contributed by atoms with Gasteiger partial charge in [0.2, 0.25) is 0 Å². The summed E-state index contributed by atoms with van der Waals surface area (Å²) in [7, 11) is 0. The molecule has 3 rings (SSSR count). The molecule has 1 aliphatic heterocycles. The molecule has 22 heavy (non-hydrogen) atoms. The van der Waals surface area contributed by atoms with Gasteiger partial charge in [-0.2, -0.15) is 5.10 Å². The van der Waals surface area contributed by atoms with Gasteiger partial charge in [0.15, 0.2) is 0 Å². The van der Waals surface area contributed by atoms with Crippen molar-refractivity contribution in [1.29, 1.82) is 0 Å². The number of anilines is 1. The molecular weight excluding hydrogens is 278 g/mol. The maximum atomic E-state index is 12.2. The highest BCUT2D eigenvalue weighted by Crippen LogP contribution is 2.25. The van der Waals surface area contributed by atoms with E-state index < -0.39 is 0 Å². The fourth-order valence-electron chi connectivity index (χ4n) is 3.13. The molecule has 0 aromatic heterocycles. The lowest BCUT2D eigenvalue weighted by molar-refractivity contribution is 0.0917. The first kappa shape index (κ1) is 15.0. The Morgan fingerprint density at radius 1 is 1.36 bits per heavy atom. The number of amides is 1. The summed E-state index contributed by atoms with van der Waals surface area (Å²) in [5.74, 6) is 0.122. The van der Waals surface area contributed by atoms with E-state index in [4.69, 9.17) is 0 Å². The highest BCUT2D eigenvalue weighted by molar-refractivity contribution is 5.94. The van der Waals surface area contributed by atoms with Gasteiger partial charge in [0.05, 0.1) is 11.8 Å². The maximum Gasteiger partial charge on any atom is 0.251 e. The summed E-state index contributed by atoms with van der Waals surface area (Å²) in [6.07, 6.45) is 3.62. The van der Waals surface area contributed by atoms with Gasteiger partial charge in [0, 0.05) is 36.7 Å². The van der Waals surface area contributed by atoms with Gasteiger partial charge in [-0.3, -0.25) is 9.80 Å². The van der Waals surface area contributed by atoms with Gasteiger partial charge >= 0.3 is 0 Å². The summed E-state index contributed by atoms with van der Waals surface area (Å²) in [6, 6.07) is 7.53. The Morgan fingerprint density at radius 3 is 2.73 bits per heavy atom. The second-order valence-electron chi connectivity index (χ2n) is 6.22. The molecule has 5 heteroatoms. The number of carbonyl (C=O) groups is 1. The standard InChI is InChI=1S/C17H23N3O2/c1-12-9-10-20(19-12)15-7-5-13(6-8-15)17(22)18-11-14-3-2-4-16(14)21/h5-8,14,16,21H,2-4,9-11H2,1H3,(H,18,22). The van der Waals surface area contributed by atoms with Gasteiger partial charge in [-0.15, -0.1) is 0 Å². The Balaban J connectivity index is 1.56. The molecule has 5 nitrogen and oxygen atoms in total. The molecule has 1 aliphatic carbocycles. The minimum Gasteiger partial charge on any atom is -0.393 e. The first-order chi connectivity index (χ1) is 10.6. The Morgan fingerprint density at radius 2 is 2.14 bits per heavy atom. The normalized spacial score (nSPS) is 24.5. The summed E-state index contributed by atoms with van der Waals surface area (Å²) < 4.78 is 0. The number of carbonyl (C=O) groups excluding carboxylic acids is 1. The van der Waals surface area contributed by atoms with Gasteiger partial charge in [0.1, 0.15) is 0 Å². The minimum absolute atomic E-state index is 0.0771. The maximum absolute atomic E-state index is 12.2. The van der Waals surface area contributed by atoms with Crippen LogP contribution in [0.25, 0.3) is 0 Å². The molecule has 1 fully saturated rings. The Bertz CT molecular complexity index is 568. The van der Waals surface area contributed by atoms with Crippen LogP contribution in [0.4, 0.5) is 5.69 Å². The van der Waals surface area contributed by atoms with Crippen LogP contribution in [0.5, 0.6) is 0 Å². The van der Waals surface area contributed by atoms with E-state index in [1.807, 2.05) is 36.2 Å². The predicted molar refractivity (Wildman–Crippen MR) is 87.2 cm³/mol. The topological polar surface area (TPSA) is 64.9 Å². The molecule has 1 saturated carbocycles. The lowest BCUT2D eigenvalue weighted by atomic mass is 10.1. The number of aliphatic hydroxyl groups is 1. The van der Waals surface area contributed by atoms with E-state index in [2.05, 4.69) is 10.4 Å². The van der Waals surface area contributed by atoms with Crippen LogP contribution in [0.1, 0.15) is 43.0 Å². The van der Waals surface area contributed by atoms with Crippen molar-refractivity contribution >= 4 is 17.3 Å². The smallest absolute Gasteiger partial charge is 0.251 e. The number of hydrogen-bond donors (Lipinski definition) is 2. The van der Waals surface area contributed by atoms with Crippen LogP contribution in [0, 0.1) is 5.92 Å². The van der Waals surface area contributed by atoms with Crippen LogP contribution in [0.15, 0.2) is 29.4 Å². The summed E-state index contributed by atoms with van der Waals surface area (Å²) in [5, 5.41) is 19.1. The Labute approximate surface area is 131 Å². The molecule has 1 aromatic rings. The number of hydrazone groups is 1. The molecule has 0 saturated heterocycles. The summed E-state index contributed by atoms with van der Waals surface area (Å²) in [4.78, 5) is 12.2. The van der Waals surface area contributed by atoms with E-state index in [1.54, 1.807) is 0 Å². The van der Waals surface area contributed by atoms with Crippen LogP contribution in [-0.4, -0.2) is 35.9 Å². The summed E-state index contributed by atoms with van der Waals surface area (Å²) in [6.45, 7) is 3.48. The molecular formula is C17H23N3O2. The van der Waals surface area contributed by atoms with Gasteiger partial charge in [0.25, 0.3) is 5.91 Å². The lowest BCUT2D eigenvalue weighted by Crippen LogP contribution is -2.32. The van der Waals surface area contributed by atoms with Crippen LogP contribution >= 0.6 is 0 Å². The van der Waals surface area contributed by atoms with E-state index in [-0.39, 0.29) is 17.9 Å². The molecule has 0 radical (unpaired) electrons. The molecule has 2 unspecified atom stereocenters. The largest absolute Gasteiger partial charge is 0.393 e. The summed E-state index contributed by atoms with van der Waals surface area (Å²) >= 11 is 0.